The molecule has 0 bridgehead atoms. The van der Waals surface area contributed by atoms with Crippen LogP contribution in [-0.2, 0) is 6.54 Å². The Morgan fingerprint density at radius 1 is 1.19 bits per heavy atom. The van der Waals surface area contributed by atoms with Crippen LogP contribution in [0.3, 0.4) is 0 Å². The fraction of sp³-hybridized carbons (Fsp3) is 0.235. The molecule has 2 unspecified atom stereocenters. The summed E-state index contributed by atoms with van der Waals surface area (Å²) in [7, 11) is 0. The quantitative estimate of drug-likeness (QED) is 0.317. The molecule has 2 heterocycles. The Morgan fingerprint density at radius 2 is 2.00 bits per heavy atom. The van der Waals surface area contributed by atoms with Crippen molar-refractivity contribution < 1.29 is 0 Å². The monoisotopic (exact) mass is 484 g/mol. The largest absolute Gasteiger partial charge is 0.336 e. The summed E-state index contributed by atoms with van der Waals surface area (Å²) >= 11 is 24.0. The van der Waals surface area contributed by atoms with Crippen molar-refractivity contribution in [2.45, 2.75) is 16.4 Å². The molecule has 0 radical (unpaired) electrons. The second-order valence-electron chi connectivity index (χ2n) is 5.26. The minimum Gasteiger partial charge on any atom is -0.336 e. The molecule has 0 saturated heterocycles. The van der Waals surface area contributed by atoms with Crippen molar-refractivity contribution in [3.63, 3.8) is 0 Å². The molecule has 140 valence electrons. The van der Waals surface area contributed by atoms with E-state index in [0.29, 0.717) is 10.0 Å². The van der Waals surface area contributed by atoms with E-state index in [1.165, 1.54) is 4.88 Å². The zero-order valence-corrected chi connectivity index (χ0v) is 19.2. The first kappa shape index (κ1) is 22.3. The maximum atomic E-state index is 6.49. The molecule has 9 heteroatoms. The third kappa shape index (κ3) is 5.74. The normalized spacial score (nSPS) is 13.2. The van der Waals surface area contributed by atoms with Gasteiger partial charge in [-0.1, -0.05) is 40.9 Å². The van der Waals surface area contributed by atoms with Crippen molar-refractivity contribution in [3.05, 3.63) is 73.9 Å². The van der Waals surface area contributed by atoms with Gasteiger partial charge in [-0.2, -0.15) is 0 Å². The average molecular weight is 486 g/mol. The van der Waals surface area contributed by atoms with Crippen LogP contribution in [0.4, 0.5) is 0 Å². The molecule has 1 aromatic carbocycles. The van der Waals surface area contributed by atoms with Gasteiger partial charge in [0.15, 0.2) is 0 Å². The lowest BCUT2D eigenvalue weighted by Gasteiger charge is -2.23. The van der Waals surface area contributed by atoms with E-state index in [9.17, 15) is 0 Å². The smallest absolute Gasteiger partial charge is 0.0946 e. The van der Waals surface area contributed by atoms with Crippen LogP contribution in [-0.4, -0.2) is 15.8 Å². The maximum Gasteiger partial charge on any atom is 0.0946 e. The summed E-state index contributed by atoms with van der Waals surface area (Å²) in [6, 6.07) is 9.75. The summed E-state index contributed by atoms with van der Waals surface area (Å²) in [5.74, 6) is 0. The highest BCUT2D eigenvalue weighted by Gasteiger charge is 2.23. The first-order chi connectivity index (χ1) is 12.1. The maximum absolute atomic E-state index is 6.49. The molecular formula is C17H16Cl4N2S3. The fourth-order valence-electron chi connectivity index (χ4n) is 2.41. The van der Waals surface area contributed by atoms with Crippen LogP contribution in [0.15, 0.2) is 49.1 Å². The van der Waals surface area contributed by atoms with Crippen molar-refractivity contribution in [2.24, 2.45) is 0 Å². The van der Waals surface area contributed by atoms with Gasteiger partial charge >= 0.3 is 0 Å². The van der Waals surface area contributed by atoms with Crippen molar-refractivity contribution in [2.75, 3.05) is 6.26 Å². The topological polar surface area (TPSA) is 17.8 Å². The van der Waals surface area contributed by atoms with Gasteiger partial charge < -0.3 is 4.57 Å². The summed E-state index contributed by atoms with van der Waals surface area (Å²) in [6.07, 6.45) is 7.69. The standard InChI is InChI=1S/C17H15Cl3N2S3.ClH/c1-23-17(14-4-5-16(20)24-14)25-15(9-22-7-6-21-10-22)12-3-2-11(18)8-13(12)19;/h2-8,10,15,17H,9H2,1H3;1H. The second-order valence-corrected chi connectivity index (χ2v) is 10.4. The summed E-state index contributed by atoms with van der Waals surface area (Å²) in [4.78, 5) is 5.40. The molecule has 2 atom stereocenters. The first-order valence-corrected chi connectivity index (χ1v) is 11.6. The van der Waals surface area contributed by atoms with Crippen molar-refractivity contribution in [1.29, 1.82) is 0 Å². The molecule has 0 amide bonds. The number of imidazole rings is 1. The first-order valence-electron chi connectivity index (χ1n) is 7.41. The molecule has 0 spiro atoms. The van der Waals surface area contributed by atoms with Gasteiger partial charge in [0.1, 0.15) is 0 Å². The summed E-state index contributed by atoms with van der Waals surface area (Å²) in [5, 5.41) is 1.50. The van der Waals surface area contributed by atoms with Crippen LogP contribution >= 0.6 is 82.1 Å². The molecule has 26 heavy (non-hydrogen) atoms. The number of rotatable bonds is 7. The van der Waals surface area contributed by atoms with Gasteiger partial charge in [-0.3, -0.25) is 0 Å². The van der Waals surface area contributed by atoms with Crippen molar-refractivity contribution in [3.8, 4) is 0 Å². The van der Waals surface area contributed by atoms with E-state index in [1.807, 2.05) is 42.5 Å². The molecule has 0 N–H and O–H groups in total. The molecule has 0 aliphatic heterocycles. The van der Waals surface area contributed by atoms with E-state index < -0.39 is 0 Å². The lowest BCUT2D eigenvalue weighted by atomic mass is 10.1. The SMILES string of the molecule is CSC(SC(Cn1ccnc1)c1ccc(Cl)cc1Cl)c1ccc(Cl)s1.Cl. The van der Waals surface area contributed by atoms with Crippen LogP contribution in [0.25, 0.3) is 0 Å². The molecule has 0 aliphatic rings. The van der Waals surface area contributed by atoms with Gasteiger partial charge in [-0.05, 0) is 36.1 Å². The van der Waals surface area contributed by atoms with Gasteiger partial charge in [0.2, 0.25) is 0 Å². The zero-order valence-electron chi connectivity index (χ0n) is 13.6. The van der Waals surface area contributed by atoms with Crippen LogP contribution in [0.5, 0.6) is 0 Å². The molecule has 3 aromatic rings. The lowest BCUT2D eigenvalue weighted by molar-refractivity contribution is 0.683. The summed E-state index contributed by atoms with van der Waals surface area (Å²) in [6.45, 7) is 0.780. The van der Waals surface area contributed by atoms with E-state index in [-0.39, 0.29) is 22.2 Å². The number of nitrogens with zero attached hydrogens (tertiary/aromatic N) is 2. The summed E-state index contributed by atoms with van der Waals surface area (Å²) < 4.78 is 3.16. The average Bonchev–Trinajstić information content (AvgIpc) is 3.23. The van der Waals surface area contributed by atoms with Crippen LogP contribution < -0.4 is 0 Å². The number of hydrogen-bond acceptors (Lipinski definition) is 4. The van der Waals surface area contributed by atoms with E-state index in [1.54, 1.807) is 35.4 Å². The highest BCUT2D eigenvalue weighted by Crippen LogP contribution is 2.50. The summed E-state index contributed by atoms with van der Waals surface area (Å²) in [5.41, 5.74) is 1.08. The van der Waals surface area contributed by atoms with Gasteiger partial charge in [-0.25, -0.2) is 4.98 Å². The fourth-order valence-corrected chi connectivity index (χ4v) is 6.96. The number of halogens is 4. The van der Waals surface area contributed by atoms with Crippen LogP contribution in [0.1, 0.15) is 20.3 Å². The Labute approximate surface area is 187 Å². The molecule has 3 rings (SSSR count). The highest BCUT2D eigenvalue weighted by atomic mass is 35.5. The van der Waals surface area contributed by atoms with E-state index in [4.69, 9.17) is 34.8 Å². The van der Waals surface area contributed by atoms with Crippen LogP contribution in [0, 0.1) is 0 Å². The Balaban J connectivity index is 0.00000243. The third-order valence-corrected chi connectivity index (χ3v) is 8.56. The number of benzene rings is 1. The molecule has 2 aromatic heterocycles. The van der Waals surface area contributed by atoms with Gasteiger partial charge in [-0.15, -0.1) is 47.3 Å². The van der Waals surface area contributed by atoms with Gasteiger partial charge in [0.25, 0.3) is 0 Å². The van der Waals surface area contributed by atoms with Gasteiger partial charge in [0, 0.05) is 33.9 Å². The number of aromatic nitrogens is 2. The number of thiophene rings is 1. The second kappa shape index (κ2) is 10.5. The van der Waals surface area contributed by atoms with E-state index >= 15 is 0 Å². The van der Waals surface area contributed by atoms with Crippen molar-refractivity contribution >= 4 is 82.1 Å². The minimum absolute atomic E-state index is 0. The lowest BCUT2D eigenvalue weighted by Crippen LogP contribution is -2.07. The van der Waals surface area contributed by atoms with E-state index in [2.05, 4.69) is 21.9 Å². The van der Waals surface area contributed by atoms with E-state index in [0.717, 1.165) is 16.4 Å². The predicted octanol–water partition coefficient (Wildman–Crippen LogP) is 7.86. The van der Waals surface area contributed by atoms with Gasteiger partial charge in [0.05, 0.1) is 20.5 Å². The van der Waals surface area contributed by atoms with Crippen LogP contribution in [0.2, 0.25) is 14.4 Å². The predicted molar refractivity (Wildman–Crippen MR) is 122 cm³/mol. The third-order valence-electron chi connectivity index (χ3n) is 3.57. The number of thioether (sulfide) groups is 2. The molecule has 0 fully saturated rings. The van der Waals surface area contributed by atoms with Crippen molar-refractivity contribution in [1.82, 2.24) is 9.55 Å². The Morgan fingerprint density at radius 3 is 2.58 bits per heavy atom. The Bertz CT molecular complexity index is 823. The number of hydrogen-bond donors (Lipinski definition) is 0. The molecule has 0 saturated carbocycles. The zero-order chi connectivity index (χ0) is 17.8. The Hall–Kier alpha value is -0.0100. The minimum atomic E-state index is 0. The molecule has 2 nitrogen and oxygen atoms in total. The Kier molecular flexibility index (Phi) is 9.01. The molecular weight excluding hydrogens is 470 g/mol. The highest BCUT2D eigenvalue weighted by molar-refractivity contribution is 8.16. The molecule has 0 aliphatic carbocycles.